The molecule has 2 atom stereocenters. The average molecular weight is 236 g/mol. The Morgan fingerprint density at radius 3 is 2.76 bits per heavy atom. The molecule has 17 heavy (non-hydrogen) atoms. The van der Waals surface area contributed by atoms with E-state index in [1.165, 1.54) is 25.0 Å². The van der Waals surface area contributed by atoms with E-state index in [0.29, 0.717) is 19.6 Å². The predicted molar refractivity (Wildman–Crippen MR) is 62.9 cm³/mol. The quantitative estimate of drug-likeness (QED) is 0.662. The third-order valence-corrected chi connectivity index (χ3v) is 4.08. The molecule has 2 saturated heterocycles. The average Bonchev–Trinajstić information content (AvgIpc) is 3.09. The van der Waals surface area contributed by atoms with Gasteiger partial charge < -0.3 is 9.69 Å². The summed E-state index contributed by atoms with van der Waals surface area (Å²) < 4.78 is 0. The maximum atomic E-state index is 12.1. The van der Waals surface area contributed by atoms with E-state index in [0.717, 1.165) is 12.8 Å². The Morgan fingerprint density at radius 1 is 1.35 bits per heavy atom. The molecule has 0 N–H and O–H groups in total. The van der Waals surface area contributed by atoms with Crippen LogP contribution in [0.2, 0.25) is 5.82 Å². The molecule has 1 saturated carbocycles. The van der Waals surface area contributed by atoms with Crippen LogP contribution in [-0.4, -0.2) is 54.7 Å². The highest BCUT2D eigenvalue weighted by Gasteiger charge is 2.47. The standard InChI is InChI=1S/C11H17BN2O3/c1-17-14-8-4-5-9(13(6-8)11(14)16)10(15)12-7-2-3-7/h7-9,12H,2-6H2,1H3/t8-,9+/m1/s1. The van der Waals surface area contributed by atoms with Gasteiger partial charge in [0.25, 0.3) is 0 Å². The van der Waals surface area contributed by atoms with Crippen LogP contribution in [-0.2, 0) is 9.63 Å². The van der Waals surface area contributed by atoms with Gasteiger partial charge in [-0.3, -0.25) is 4.84 Å². The summed E-state index contributed by atoms with van der Waals surface area (Å²) in [5.74, 6) is 0.594. The fraction of sp³-hybridized carbons (Fsp3) is 0.818. The summed E-state index contributed by atoms with van der Waals surface area (Å²) in [7, 11) is 2.17. The lowest BCUT2D eigenvalue weighted by Gasteiger charge is -2.29. The molecule has 6 heteroatoms. The van der Waals surface area contributed by atoms with Crippen LogP contribution in [0.25, 0.3) is 0 Å². The van der Waals surface area contributed by atoms with Crippen molar-refractivity contribution in [1.29, 1.82) is 0 Å². The maximum absolute atomic E-state index is 12.1. The Morgan fingerprint density at radius 2 is 2.12 bits per heavy atom. The summed E-state index contributed by atoms with van der Waals surface area (Å²) in [5.41, 5.74) is 0.247. The lowest BCUT2D eigenvalue weighted by Crippen LogP contribution is -2.46. The van der Waals surface area contributed by atoms with Crippen LogP contribution in [0.15, 0.2) is 0 Å². The second-order valence-corrected chi connectivity index (χ2v) is 5.30. The second-order valence-electron chi connectivity index (χ2n) is 5.30. The Balaban J connectivity index is 1.70. The number of piperidine rings is 1. The molecule has 1 aliphatic carbocycles. The molecule has 0 radical (unpaired) electrons. The van der Waals surface area contributed by atoms with Gasteiger partial charge in [-0.25, -0.2) is 4.79 Å². The Bertz CT molecular complexity index is 359. The minimum atomic E-state index is -0.195. The molecule has 0 unspecified atom stereocenters. The van der Waals surface area contributed by atoms with E-state index in [1.807, 2.05) is 0 Å². The lowest BCUT2D eigenvalue weighted by molar-refractivity contribution is -0.116. The highest BCUT2D eigenvalue weighted by molar-refractivity contribution is 6.76. The first-order valence-electron chi connectivity index (χ1n) is 6.37. The zero-order valence-corrected chi connectivity index (χ0v) is 10.1. The van der Waals surface area contributed by atoms with Crippen LogP contribution in [0, 0.1) is 0 Å². The first kappa shape index (κ1) is 11.1. The molecule has 5 nitrogen and oxygen atoms in total. The fourth-order valence-corrected chi connectivity index (χ4v) is 2.94. The summed E-state index contributed by atoms with van der Waals surface area (Å²) in [4.78, 5) is 30.9. The number of hydrogen-bond donors (Lipinski definition) is 0. The molecule has 2 aliphatic heterocycles. The van der Waals surface area contributed by atoms with E-state index >= 15 is 0 Å². The highest BCUT2D eigenvalue weighted by atomic mass is 16.7. The van der Waals surface area contributed by atoms with Crippen molar-refractivity contribution in [1.82, 2.24) is 9.96 Å². The zero-order chi connectivity index (χ0) is 12.0. The number of fused-ring (bicyclic) bond motifs is 2. The van der Waals surface area contributed by atoms with E-state index in [1.54, 1.807) is 4.90 Å². The van der Waals surface area contributed by atoms with Crippen molar-refractivity contribution in [3.8, 4) is 0 Å². The van der Waals surface area contributed by atoms with Crippen molar-refractivity contribution in [2.45, 2.75) is 43.6 Å². The van der Waals surface area contributed by atoms with E-state index in [9.17, 15) is 9.59 Å². The number of urea groups is 1. The molecule has 0 aromatic carbocycles. The van der Waals surface area contributed by atoms with Crippen molar-refractivity contribution < 1.29 is 14.4 Å². The molecular weight excluding hydrogens is 219 g/mol. The van der Waals surface area contributed by atoms with Crippen LogP contribution < -0.4 is 0 Å². The SMILES string of the molecule is CON1C(=O)N2C[C@H]1CC[C@H]2C(=O)BC1CC1. The number of rotatable bonds is 4. The van der Waals surface area contributed by atoms with Crippen molar-refractivity contribution in [3.63, 3.8) is 0 Å². The highest BCUT2D eigenvalue weighted by Crippen LogP contribution is 2.37. The molecule has 0 aromatic rings. The Hall–Kier alpha value is -1.04. The summed E-state index contributed by atoms with van der Waals surface area (Å²) in [6.07, 6.45) is 4.03. The van der Waals surface area contributed by atoms with Gasteiger partial charge in [0, 0.05) is 6.54 Å². The molecule has 0 aromatic heterocycles. The minimum absolute atomic E-state index is 0.135. The van der Waals surface area contributed by atoms with Crippen LogP contribution >= 0.6 is 0 Å². The molecule has 2 amide bonds. The fourth-order valence-electron chi connectivity index (χ4n) is 2.94. The van der Waals surface area contributed by atoms with Gasteiger partial charge in [0.05, 0.1) is 19.2 Å². The second kappa shape index (κ2) is 4.01. The first-order chi connectivity index (χ1) is 8.20. The van der Waals surface area contributed by atoms with Crippen LogP contribution in [0.3, 0.4) is 0 Å². The van der Waals surface area contributed by atoms with Gasteiger partial charge >= 0.3 is 6.03 Å². The van der Waals surface area contributed by atoms with Crippen molar-refractivity contribution in [2.24, 2.45) is 0 Å². The third kappa shape index (κ3) is 1.84. The van der Waals surface area contributed by atoms with Gasteiger partial charge in [-0.15, -0.1) is 0 Å². The van der Waals surface area contributed by atoms with Crippen molar-refractivity contribution in [2.75, 3.05) is 13.7 Å². The third-order valence-electron chi connectivity index (χ3n) is 4.08. The lowest BCUT2D eigenvalue weighted by atomic mass is 9.64. The summed E-state index contributed by atoms with van der Waals surface area (Å²) in [6.45, 7) is 0.647. The number of amides is 2. The van der Waals surface area contributed by atoms with Crippen LogP contribution in [0.5, 0.6) is 0 Å². The molecule has 2 heterocycles. The molecule has 2 bridgehead atoms. The van der Waals surface area contributed by atoms with Crippen molar-refractivity contribution in [3.05, 3.63) is 0 Å². The number of hydrogen-bond acceptors (Lipinski definition) is 3. The van der Waals surface area contributed by atoms with E-state index in [4.69, 9.17) is 4.84 Å². The molecule has 92 valence electrons. The number of carbonyl (C=O) groups is 2. The molecule has 0 spiro atoms. The predicted octanol–water partition coefficient (Wildman–Crippen LogP) is 0.362. The van der Waals surface area contributed by atoms with Crippen LogP contribution in [0.4, 0.5) is 4.79 Å². The smallest absolute Gasteiger partial charge is 0.312 e. The maximum Gasteiger partial charge on any atom is 0.344 e. The van der Waals surface area contributed by atoms with E-state index in [2.05, 4.69) is 0 Å². The van der Waals surface area contributed by atoms with Crippen LogP contribution in [0.1, 0.15) is 25.7 Å². The van der Waals surface area contributed by atoms with Crippen molar-refractivity contribution >= 4 is 19.0 Å². The Kier molecular flexibility index (Phi) is 2.62. The molecular formula is C11H17BN2O3. The molecule has 3 aliphatic rings. The first-order valence-corrected chi connectivity index (χ1v) is 6.37. The van der Waals surface area contributed by atoms with Gasteiger partial charge in [-0.2, -0.15) is 5.06 Å². The summed E-state index contributed by atoms with van der Waals surface area (Å²) in [5, 5.41) is 1.42. The monoisotopic (exact) mass is 236 g/mol. The number of hydroxylamine groups is 2. The molecule has 3 fully saturated rings. The van der Waals surface area contributed by atoms with Gasteiger partial charge in [0.1, 0.15) is 5.68 Å². The van der Waals surface area contributed by atoms with Gasteiger partial charge in [0.2, 0.25) is 7.28 Å². The molecule has 3 rings (SSSR count). The van der Waals surface area contributed by atoms with Gasteiger partial charge in [-0.1, -0.05) is 18.7 Å². The van der Waals surface area contributed by atoms with Gasteiger partial charge in [0.15, 0.2) is 0 Å². The minimum Gasteiger partial charge on any atom is -0.312 e. The van der Waals surface area contributed by atoms with E-state index < -0.39 is 0 Å². The topological polar surface area (TPSA) is 49.9 Å². The largest absolute Gasteiger partial charge is 0.344 e. The Labute approximate surface area is 101 Å². The van der Waals surface area contributed by atoms with E-state index in [-0.39, 0.29) is 23.8 Å². The number of carbonyl (C=O) groups excluding carboxylic acids is 2. The normalized spacial score (nSPS) is 31.9. The summed E-state index contributed by atoms with van der Waals surface area (Å²) >= 11 is 0. The number of nitrogens with zero attached hydrogens (tertiary/aromatic N) is 2. The zero-order valence-electron chi connectivity index (χ0n) is 10.1. The summed E-state index contributed by atoms with van der Waals surface area (Å²) in [6, 6.07) is -0.193. The van der Waals surface area contributed by atoms with Gasteiger partial charge in [-0.05, 0) is 12.8 Å².